The summed E-state index contributed by atoms with van der Waals surface area (Å²) in [7, 11) is 0. The number of ether oxygens (including phenoxy) is 1. The molecule has 0 aromatic heterocycles. The maximum Gasteiger partial charge on any atom is 0.221 e. The van der Waals surface area contributed by atoms with Crippen LogP contribution in [0.4, 0.5) is 0 Å². The summed E-state index contributed by atoms with van der Waals surface area (Å²) in [5, 5.41) is 16.9. The van der Waals surface area contributed by atoms with Crippen molar-refractivity contribution >= 4 is 11.8 Å². The van der Waals surface area contributed by atoms with Gasteiger partial charge in [-0.2, -0.15) is 0 Å². The molecule has 0 aliphatic heterocycles. The van der Waals surface area contributed by atoms with E-state index in [2.05, 4.69) is 86.6 Å². The third-order valence-electron chi connectivity index (χ3n) is 12.5. The van der Waals surface area contributed by atoms with Gasteiger partial charge in [-0.3, -0.25) is 10.8 Å². The number of benzene rings is 5. The van der Waals surface area contributed by atoms with Crippen LogP contribution < -0.4 is 0 Å². The molecule has 238 valence electrons. The Labute approximate surface area is 284 Å². The molecular formula is C45H42N2O. The number of fused-ring (bicyclic) bond motifs is 2. The number of nitrogens with one attached hydrogen (secondary N) is 2. The molecule has 5 aliphatic carbocycles. The highest BCUT2D eigenvalue weighted by molar-refractivity contribution is 6.05. The van der Waals surface area contributed by atoms with Gasteiger partial charge in [0.25, 0.3) is 0 Å². The van der Waals surface area contributed by atoms with Crippen LogP contribution in [0.15, 0.2) is 121 Å². The SMILES string of the molecule is CC1(C)c2ccccc2C2(c3ccc(-c4cccc(-c5cccc(C(=N)OC(=N)c6ccccc6)c5)c4)cc31)C1CC3CC(C1)CC2C3. The summed E-state index contributed by atoms with van der Waals surface area (Å²) in [5.41, 5.74) is 12.2. The maximum atomic E-state index is 8.60. The first-order valence-corrected chi connectivity index (χ1v) is 17.7. The van der Waals surface area contributed by atoms with Crippen LogP contribution in [-0.2, 0) is 15.6 Å². The first-order chi connectivity index (χ1) is 23.3. The second-order valence-electron chi connectivity index (χ2n) is 15.4. The summed E-state index contributed by atoms with van der Waals surface area (Å²) >= 11 is 0. The topological polar surface area (TPSA) is 56.9 Å². The van der Waals surface area contributed by atoms with E-state index < -0.39 is 0 Å². The average molecular weight is 627 g/mol. The van der Waals surface area contributed by atoms with Gasteiger partial charge in [0.1, 0.15) is 0 Å². The Kier molecular flexibility index (Phi) is 6.66. The monoisotopic (exact) mass is 626 g/mol. The van der Waals surface area contributed by atoms with E-state index in [1.54, 1.807) is 11.1 Å². The van der Waals surface area contributed by atoms with Gasteiger partial charge in [0.05, 0.1) is 0 Å². The minimum Gasteiger partial charge on any atom is -0.421 e. The van der Waals surface area contributed by atoms with Gasteiger partial charge < -0.3 is 4.74 Å². The standard InChI is InChI=1S/C45H42N2O/c1-44(2)38-16-6-7-17-39(38)45(36-21-28-20-29(23-36)24-37(45)22-28)40-19-18-34(27-41(40)44)32-13-8-12-31(25-32)33-14-9-15-35(26-33)43(47)48-42(46)30-10-4-3-5-11-30/h3-19,25-29,36-37,46-47H,20-24H2,1-2H3. The van der Waals surface area contributed by atoms with Gasteiger partial charge in [-0.15, -0.1) is 0 Å². The van der Waals surface area contributed by atoms with Gasteiger partial charge in [0, 0.05) is 22.0 Å². The molecule has 4 bridgehead atoms. The van der Waals surface area contributed by atoms with E-state index in [1.807, 2.05) is 48.5 Å². The van der Waals surface area contributed by atoms with Crippen molar-refractivity contribution in [2.24, 2.45) is 23.7 Å². The molecule has 0 heterocycles. The first kappa shape index (κ1) is 29.4. The van der Waals surface area contributed by atoms with E-state index in [0.717, 1.165) is 34.8 Å². The van der Waals surface area contributed by atoms with Gasteiger partial charge in [-0.1, -0.05) is 98.8 Å². The van der Waals surface area contributed by atoms with Gasteiger partial charge in [-0.25, -0.2) is 0 Å². The predicted octanol–water partition coefficient (Wildman–Crippen LogP) is 10.8. The number of hydrogen-bond acceptors (Lipinski definition) is 3. The van der Waals surface area contributed by atoms with Crippen molar-refractivity contribution < 1.29 is 4.74 Å². The molecule has 1 spiro atoms. The van der Waals surface area contributed by atoms with Crippen molar-refractivity contribution in [3.63, 3.8) is 0 Å². The average Bonchev–Trinajstić information content (AvgIpc) is 3.12. The van der Waals surface area contributed by atoms with Gasteiger partial charge in [0.2, 0.25) is 11.8 Å². The summed E-state index contributed by atoms with van der Waals surface area (Å²) in [6, 6.07) is 42.9. The lowest BCUT2D eigenvalue weighted by atomic mass is 9.39. The minimum atomic E-state index is -0.0817. The molecule has 0 radical (unpaired) electrons. The highest BCUT2D eigenvalue weighted by Crippen LogP contribution is 2.68. The fourth-order valence-electron chi connectivity index (χ4n) is 10.6. The third-order valence-corrected chi connectivity index (χ3v) is 12.5. The number of rotatable bonds is 4. The smallest absolute Gasteiger partial charge is 0.221 e. The molecule has 5 aromatic carbocycles. The van der Waals surface area contributed by atoms with Crippen molar-refractivity contribution in [1.29, 1.82) is 10.8 Å². The Morgan fingerprint density at radius 2 is 1.02 bits per heavy atom. The second-order valence-corrected chi connectivity index (χ2v) is 15.4. The highest BCUT2D eigenvalue weighted by atomic mass is 16.5. The zero-order valence-electron chi connectivity index (χ0n) is 27.8. The Morgan fingerprint density at radius 3 is 1.71 bits per heavy atom. The van der Waals surface area contributed by atoms with Gasteiger partial charge >= 0.3 is 0 Å². The van der Waals surface area contributed by atoms with Crippen LogP contribution >= 0.6 is 0 Å². The Hall–Kier alpha value is -4.76. The highest BCUT2D eigenvalue weighted by Gasteiger charge is 2.62. The number of hydrogen-bond donors (Lipinski definition) is 2. The molecule has 0 unspecified atom stereocenters. The minimum absolute atomic E-state index is 0.0265. The predicted molar refractivity (Wildman–Crippen MR) is 195 cm³/mol. The quantitative estimate of drug-likeness (QED) is 0.151. The molecule has 0 atom stereocenters. The van der Waals surface area contributed by atoms with E-state index in [9.17, 15) is 0 Å². The van der Waals surface area contributed by atoms with E-state index >= 15 is 0 Å². The van der Waals surface area contributed by atoms with Crippen LogP contribution in [-0.4, -0.2) is 11.8 Å². The maximum absolute atomic E-state index is 8.60. The zero-order chi connectivity index (χ0) is 32.6. The molecule has 0 amide bonds. The lowest BCUT2D eigenvalue weighted by Gasteiger charge is -2.64. The summed E-state index contributed by atoms with van der Waals surface area (Å²) in [6.45, 7) is 4.88. The first-order valence-electron chi connectivity index (χ1n) is 17.7. The fourth-order valence-corrected chi connectivity index (χ4v) is 10.6. The molecule has 48 heavy (non-hydrogen) atoms. The molecule has 4 fully saturated rings. The molecular weight excluding hydrogens is 585 g/mol. The van der Waals surface area contributed by atoms with E-state index in [0.29, 0.717) is 11.1 Å². The Bertz CT molecular complexity index is 2060. The van der Waals surface area contributed by atoms with Crippen LogP contribution in [0, 0.1) is 34.5 Å². The summed E-state index contributed by atoms with van der Waals surface area (Å²) in [6.07, 6.45) is 7.02. The summed E-state index contributed by atoms with van der Waals surface area (Å²) in [5.74, 6) is 3.28. The van der Waals surface area contributed by atoms with Gasteiger partial charge in [0.15, 0.2) is 0 Å². The molecule has 2 N–H and O–H groups in total. The Balaban J connectivity index is 1.08. The summed E-state index contributed by atoms with van der Waals surface area (Å²) < 4.78 is 5.65. The van der Waals surface area contributed by atoms with Crippen LogP contribution in [0.5, 0.6) is 0 Å². The van der Waals surface area contributed by atoms with E-state index in [4.69, 9.17) is 15.6 Å². The largest absolute Gasteiger partial charge is 0.421 e. The van der Waals surface area contributed by atoms with Crippen LogP contribution in [0.3, 0.4) is 0 Å². The zero-order valence-corrected chi connectivity index (χ0v) is 27.8. The van der Waals surface area contributed by atoms with Crippen molar-refractivity contribution in [2.45, 2.75) is 56.8 Å². The third kappa shape index (κ3) is 4.40. The molecule has 5 aliphatic rings. The van der Waals surface area contributed by atoms with Crippen LogP contribution in [0.1, 0.15) is 79.3 Å². The molecule has 4 saturated carbocycles. The lowest BCUT2D eigenvalue weighted by Crippen LogP contribution is -2.58. The van der Waals surface area contributed by atoms with Crippen molar-refractivity contribution in [3.05, 3.63) is 155 Å². The molecule has 10 rings (SSSR count). The van der Waals surface area contributed by atoms with Crippen LogP contribution in [0.25, 0.3) is 22.3 Å². The van der Waals surface area contributed by atoms with Gasteiger partial charge in [-0.05, 0) is 137 Å². The molecule has 5 aromatic rings. The summed E-state index contributed by atoms with van der Waals surface area (Å²) in [4.78, 5) is 0. The van der Waals surface area contributed by atoms with Crippen molar-refractivity contribution in [1.82, 2.24) is 0 Å². The van der Waals surface area contributed by atoms with Crippen LogP contribution in [0.2, 0.25) is 0 Å². The van der Waals surface area contributed by atoms with Crippen molar-refractivity contribution in [2.75, 3.05) is 0 Å². The van der Waals surface area contributed by atoms with E-state index in [-0.39, 0.29) is 22.6 Å². The molecule has 3 nitrogen and oxygen atoms in total. The van der Waals surface area contributed by atoms with E-state index in [1.165, 1.54) is 54.4 Å². The Morgan fingerprint density at radius 1 is 0.500 bits per heavy atom. The fraction of sp³-hybridized carbons (Fsp3) is 0.289. The molecule has 3 heteroatoms. The normalized spacial score (nSPS) is 25.7. The molecule has 0 saturated heterocycles. The van der Waals surface area contributed by atoms with Crippen molar-refractivity contribution in [3.8, 4) is 22.3 Å². The lowest BCUT2D eigenvalue weighted by molar-refractivity contribution is -0.0443. The second kappa shape index (κ2) is 10.9.